The Morgan fingerprint density at radius 2 is 2.19 bits per heavy atom. The maximum atomic E-state index is 11.4. The summed E-state index contributed by atoms with van der Waals surface area (Å²) in [6.45, 7) is 0.681. The van der Waals surface area contributed by atoms with Crippen LogP contribution in [0.5, 0.6) is 0 Å². The summed E-state index contributed by atoms with van der Waals surface area (Å²) in [4.78, 5) is 11.4. The van der Waals surface area contributed by atoms with Crippen LogP contribution in [0.4, 0.5) is 0 Å². The molecule has 0 amide bonds. The Labute approximate surface area is 94.7 Å². The molecule has 1 unspecified atom stereocenters. The van der Waals surface area contributed by atoms with Crippen molar-refractivity contribution in [3.8, 4) is 0 Å². The number of hydrogen-bond acceptors (Lipinski definition) is 3. The molecular weight excluding hydrogens is 204 g/mol. The molecule has 3 heteroatoms. The number of benzene rings is 1. The van der Waals surface area contributed by atoms with Crippen molar-refractivity contribution in [1.82, 2.24) is 0 Å². The highest BCUT2D eigenvalue weighted by molar-refractivity contribution is 5.87. The summed E-state index contributed by atoms with van der Waals surface area (Å²) in [5.41, 5.74) is 0.979. The Kier molecular flexibility index (Phi) is 3.72. The lowest BCUT2D eigenvalue weighted by Crippen LogP contribution is -2.14. The van der Waals surface area contributed by atoms with E-state index in [-0.39, 0.29) is 12.3 Å². The Morgan fingerprint density at radius 1 is 1.38 bits per heavy atom. The molecule has 16 heavy (non-hydrogen) atoms. The van der Waals surface area contributed by atoms with Crippen molar-refractivity contribution in [2.75, 3.05) is 6.61 Å². The Bertz CT molecular complexity index is 364. The van der Waals surface area contributed by atoms with Crippen LogP contribution in [0.2, 0.25) is 0 Å². The van der Waals surface area contributed by atoms with E-state index >= 15 is 0 Å². The van der Waals surface area contributed by atoms with Gasteiger partial charge in [0.25, 0.3) is 0 Å². The van der Waals surface area contributed by atoms with E-state index in [1.807, 2.05) is 30.3 Å². The predicted octanol–water partition coefficient (Wildman–Crippen LogP) is 2.38. The molecule has 1 aromatic carbocycles. The molecule has 84 valence electrons. The molecule has 0 saturated carbocycles. The molecule has 2 rings (SSSR count). The zero-order chi connectivity index (χ0) is 11.2. The van der Waals surface area contributed by atoms with Gasteiger partial charge < -0.3 is 9.47 Å². The highest BCUT2D eigenvalue weighted by Gasteiger charge is 2.18. The van der Waals surface area contributed by atoms with Gasteiger partial charge in [0.15, 0.2) is 0 Å². The predicted molar refractivity (Wildman–Crippen MR) is 60.5 cm³/mol. The van der Waals surface area contributed by atoms with E-state index in [0.717, 1.165) is 18.4 Å². The summed E-state index contributed by atoms with van der Waals surface area (Å²) in [5.74, 6) is -0.351. The van der Waals surface area contributed by atoms with Crippen molar-refractivity contribution in [3.63, 3.8) is 0 Å². The van der Waals surface area contributed by atoms with Crippen LogP contribution < -0.4 is 0 Å². The van der Waals surface area contributed by atoms with Crippen LogP contribution in [-0.4, -0.2) is 18.9 Å². The minimum absolute atomic E-state index is 0.351. The second-order valence-corrected chi connectivity index (χ2v) is 3.62. The topological polar surface area (TPSA) is 35.5 Å². The fourth-order valence-electron chi connectivity index (χ4n) is 1.54. The average Bonchev–Trinajstić information content (AvgIpc) is 2.81. The van der Waals surface area contributed by atoms with Gasteiger partial charge >= 0.3 is 5.97 Å². The quantitative estimate of drug-likeness (QED) is 0.577. The van der Waals surface area contributed by atoms with Crippen molar-refractivity contribution in [1.29, 1.82) is 0 Å². The number of esters is 1. The summed E-state index contributed by atoms with van der Waals surface area (Å²) >= 11 is 0. The Balaban J connectivity index is 1.84. The summed E-state index contributed by atoms with van der Waals surface area (Å²) in [5, 5.41) is 0. The summed E-state index contributed by atoms with van der Waals surface area (Å²) in [7, 11) is 0. The lowest BCUT2D eigenvalue weighted by Gasteiger charge is -2.08. The summed E-state index contributed by atoms with van der Waals surface area (Å²) in [6.07, 6.45) is 4.56. The van der Waals surface area contributed by atoms with Crippen molar-refractivity contribution in [2.45, 2.75) is 19.1 Å². The van der Waals surface area contributed by atoms with Crippen LogP contribution in [-0.2, 0) is 14.3 Å². The molecule has 1 atom stereocenters. The minimum atomic E-state index is -0.354. The second kappa shape index (κ2) is 5.47. The first kappa shape index (κ1) is 10.9. The number of carbonyl (C=O) groups excluding carboxylic acids is 1. The van der Waals surface area contributed by atoms with E-state index in [4.69, 9.17) is 9.47 Å². The van der Waals surface area contributed by atoms with Crippen LogP contribution in [0.15, 0.2) is 36.4 Å². The van der Waals surface area contributed by atoms with Gasteiger partial charge in [-0.05, 0) is 18.1 Å². The van der Waals surface area contributed by atoms with Gasteiger partial charge in [-0.2, -0.15) is 0 Å². The maximum Gasteiger partial charge on any atom is 0.333 e. The smallest absolute Gasteiger partial charge is 0.333 e. The minimum Gasteiger partial charge on any atom is -0.433 e. The molecular formula is C13H14O3. The molecule has 0 aromatic heterocycles. The lowest BCUT2D eigenvalue weighted by atomic mass is 10.2. The normalized spacial score (nSPS) is 20.1. The first-order chi connectivity index (χ1) is 7.84. The molecule has 1 aromatic rings. The molecule has 0 aliphatic carbocycles. The molecule has 1 fully saturated rings. The van der Waals surface area contributed by atoms with Gasteiger partial charge in [-0.15, -0.1) is 0 Å². The van der Waals surface area contributed by atoms with E-state index in [0.29, 0.717) is 6.61 Å². The fourth-order valence-corrected chi connectivity index (χ4v) is 1.54. The SMILES string of the molecule is O=C(/C=C/c1ccccc1)OC1CCCO1. The standard InChI is InChI=1S/C13H14O3/c14-12(16-13-7-4-10-15-13)9-8-11-5-2-1-3-6-11/h1-3,5-6,8-9,13H,4,7,10H2/b9-8+. The van der Waals surface area contributed by atoms with E-state index < -0.39 is 0 Å². The molecule has 1 aliphatic rings. The molecule has 3 nitrogen and oxygen atoms in total. The van der Waals surface area contributed by atoms with Gasteiger partial charge in [-0.3, -0.25) is 0 Å². The van der Waals surface area contributed by atoms with Crippen molar-refractivity contribution in [3.05, 3.63) is 42.0 Å². The average molecular weight is 218 g/mol. The lowest BCUT2D eigenvalue weighted by molar-refractivity contribution is -0.163. The first-order valence-corrected chi connectivity index (χ1v) is 5.40. The van der Waals surface area contributed by atoms with Crippen molar-refractivity contribution in [2.24, 2.45) is 0 Å². The molecule has 1 aliphatic heterocycles. The number of carbonyl (C=O) groups is 1. The van der Waals surface area contributed by atoms with E-state index in [9.17, 15) is 4.79 Å². The molecule has 0 bridgehead atoms. The van der Waals surface area contributed by atoms with Gasteiger partial charge in [0.2, 0.25) is 6.29 Å². The number of rotatable bonds is 3. The zero-order valence-corrected chi connectivity index (χ0v) is 8.96. The molecule has 0 radical (unpaired) electrons. The van der Waals surface area contributed by atoms with Gasteiger partial charge in [0, 0.05) is 12.5 Å². The van der Waals surface area contributed by atoms with E-state index in [1.54, 1.807) is 6.08 Å². The molecule has 0 N–H and O–H groups in total. The highest BCUT2D eigenvalue weighted by Crippen LogP contribution is 2.13. The van der Waals surface area contributed by atoms with E-state index in [2.05, 4.69) is 0 Å². The van der Waals surface area contributed by atoms with Gasteiger partial charge in [0.05, 0.1) is 6.61 Å². The van der Waals surface area contributed by atoms with Gasteiger partial charge in [-0.1, -0.05) is 30.3 Å². The number of ether oxygens (including phenoxy) is 2. The van der Waals surface area contributed by atoms with Crippen molar-refractivity contribution >= 4 is 12.0 Å². The second-order valence-electron chi connectivity index (χ2n) is 3.62. The molecule has 1 heterocycles. The van der Waals surface area contributed by atoms with E-state index in [1.165, 1.54) is 6.08 Å². The molecule has 1 saturated heterocycles. The fraction of sp³-hybridized carbons (Fsp3) is 0.308. The molecule has 0 spiro atoms. The monoisotopic (exact) mass is 218 g/mol. The van der Waals surface area contributed by atoms with Crippen molar-refractivity contribution < 1.29 is 14.3 Å². The third-order valence-electron chi connectivity index (χ3n) is 2.35. The van der Waals surface area contributed by atoms with Crippen LogP contribution in [0.25, 0.3) is 6.08 Å². The number of hydrogen-bond donors (Lipinski definition) is 0. The zero-order valence-electron chi connectivity index (χ0n) is 8.96. The largest absolute Gasteiger partial charge is 0.433 e. The van der Waals surface area contributed by atoms with Crippen LogP contribution in [0, 0.1) is 0 Å². The Hall–Kier alpha value is -1.61. The van der Waals surface area contributed by atoms with Gasteiger partial charge in [-0.25, -0.2) is 4.79 Å². The third-order valence-corrected chi connectivity index (χ3v) is 2.35. The van der Waals surface area contributed by atoms with Crippen LogP contribution in [0.3, 0.4) is 0 Å². The first-order valence-electron chi connectivity index (χ1n) is 5.40. The Morgan fingerprint density at radius 3 is 2.88 bits per heavy atom. The summed E-state index contributed by atoms with van der Waals surface area (Å²) in [6, 6.07) is 9.63. The van der Waals surface area contributed by atoms with Crippen LogP contribution in [0.1, 0.15) is 18.4 Å². The van der Waals surface area contributed by atoms with Crippen LogP contribution >= 0.6 is 0 Å². The summed E-state index contributed by atoms with van der Waals surface area (Å²) < 4.78 is 10.3. The maximum absolute atomic E-state index is 11.4. The highest BCUT2D eigenvalue weighted by atomic mass is 16.7. The third kappa shape index (κ3) is 3.21. The van der Waals surface area contributed by atoms with Gasteiger partial charge in [0.1, 0.15) is 0 Å².